The maximum Gasteiger partial charge on any atom is 0.427 e. The summed E-state index contributed by atoms with van der Waals surface area (Å²) in [4.78, 5) is 39.3. The molecule has 16 heteroatoms. The molecule has 3 aromatic carbocycles. The van der Waals surface area contributed by atoms with E-state index < -0.39 is 49.5 Å². The van der Waals surface area contributed by atoms with E-state index >= 15 is 9.18 Å². The number of carbonyl (C=O) groups is 2. The van der Waals surface area contributed by atoms with Gasteiger partial charge in [-0.15, -0.1) is 5.06 Å². The van der Waals surface area contributed by atoms with E-state index in [4.69, 9.17) is 19.0 Å². The Hall–Kier alpha value is -4.95. The Bertz CT molecular complexity index is 2010. The van der Waals surface area contributed by atoms with Crippen molar-refractivity contribution in [3.63, 3.8) is 0 Å². The third-order valence-electron chi connectivity index (χ3n) is 10.1. The third kappa shape index (κ3) is 6.97. The van der Waals surface area contributed by atoms with Gasteiger partial charge in [0.2, 0.25) is 0 Å². The van der Waals surface area contributed by atoms with Crippen LogP contribution in [0.2, 0.25) is 0 Å². The quantitative estimate of drug-likeness (QED) is 0.303. The molecular formula is C37H43FN6O8S. The zero-order valence-electron chi connectivity index (χ0n) is 30.1. The van der Waals surface area contributed by atoms with Crippen LogP contribution in [0.1, 0.15) is 43.4 Å². The van der Waals surface area contributed by atoms with Gasteiger partial charge in [-0.25, -0.2) is 17.6 Å². The fraction of sp³-hybridized carbons (Fsp3) is 0.432. The van der Waals surface area contributed by atoms with Crippen molar-refractivity contribution in [2.24, 2.45) is 0 Å². The molecule has 282 valence electrons. The number of hydrogen-bond donors (Lipinski definition) is 1. The normalized spacial score (nSPS) is 20.1. The van der Waals surface area contributed by atoms with Gasteiger partial charge in [0.15, 0.2) is 5.54 Å². The van der Waals surface area contributed by atoms with Gasteiger partial charge in [-0.1, -0.05) is 25.1 Å². The van der Waals surface area contributed by atoms with Gasteiger partial charge < -0.3 is 23.9 Å². The van der Waals surface area contributed by atoms with Crippen LogP contribution in [0.15, 0.2) is 59.5 Å². The number of likely N-dealkylation sites (tertiary alicyclic amines) is 1. The Morgan fingerprint density at radius 3 is 2.32 bits per heavy atom. The Labute approximate surface area is 308 Å². The van der Waals surface area contributed by atoms with Crippen LogP contribution in [0.5, 0.6) is 17.2 Å². The number of benzene rings is 3. The van der Waals surface area contributed by atoms with Crippen LogP contribution < -0.4 is 23.8 Å². The lowest BCUT2D eigenvalue weighted by Gasteiger charge is -2.42. The first kappa shape index (κ1) is 37.8. The smallest absolute Gasteiger partial charge is 0.427 e. The van der Waals surface area contributed by atoms with Crippen molar-refractivity contribution in [3.8, 4) is 23.3 Å². The molecule has 0 aliphatic carbocycles. The fourth-order valence-corrected chi connectivity index (χ4v) is 8.98. The van der Waals surface area contributed by atoms with Crippen molar-refractivity contribution in [3.05, 3.63) is 77.1 Å². The molecule has 1 N–H and O–H groups in total. The van der Waals surface area contributed by atoms with Gasteiger partial charge in [0.1, 0.15) is 34.0 Å². The van der Waals surface area contributed by atoms with Crippen molar-refractivity contribution in [2.75, 3.05) is 70.9 Å². The van der Waals surface area contributed by atoms with E-state index in [0.29, 0.717) is 36.5 Å². The molecule has 3 aromatic rings. The van der Waals surface area contributed by atoms with Crippen molar-refractivity contribution in [2.45, 2.75) is 43.2 Å². The summed E-state index contributed by atoms with van der Waals surface area (Å²) in [7, 11) is -2.25. The summed E-state index contributed by atoms with van der Waals surface area (Å²) in [5.74, 6) is -1.99. The highest BCUT2D eigenvalue weighted by molar-refractivity contribution is 7.93. The molecule has 0 spiro atoms. The summed E-state index contributed by atoms with van der Waals surface area (Å²) >= 11 is 0. The molecule has 2 fully saturated rings. The number of nitrogens with zero attached hydrogens (tertiary/aromatic N) is 5. The summed E-state index contributed by atoms with van der Waals surface area (Å²) in [5.41, 5.74) is -3.39. The molecule has 0 aromatic heterocycles. The number of anilines is 1. The lowest BCUT2D eigenvalue weighted by atomic mass is 9.82. The first-order chi connectivity index (χ1) is 25.5. The number of piperidine rings is 1. The van der Waals surface area contributed by atoms with Gasteiger partial charge in [-0.2, -0.15) is 9.57 Å². The largest absolute Gasteiger partial charge is 0.497 e. The van der Waals surface area contributed by atoms with Crippen LogP contribution in [-0.2, 0) is 25.2 Å². The predicted molar refractivity (Wildman–Crippen MR) is 192 cm³/mol. The van der Waals surface area contributed by atoms with E-state index in [2.05, 4.69) is 22.0 Å². The zero-order chi connectivity index (χ0) is 37.9. The molecule has 3 aliphatic heterocycles. The zero-order valence-corrected chi connectivity index (χ0v) is 30.9. The first-order valence-corrected chi connectivity index (χ1v) is 19.0. The van der Waals surface area contributed by atoms with E-state index in [1.54, 1.807) is 31.2 Å². The van der Waals surface area contributed by atoms with Gasteiger partial charge in [-0.3, -0.25) is 15.0 Å². The molecule has 2 saturated heterocycles. The minimum atomic E-state index is -4.89. The molecule has 53 heavy (non-hydrogen) atoms. The minimum absolute atomic E-state index is 0.0446. The Morgan fingerprint density at radius 1 is 0.962 bits per heavy atom. The number of fused-ring (bicyclic) bond motifs is 1. The SMILES string of the molecule is CCOc1ccccc1C1(NC(=O)ON2CCN(C3CCN(CC)CC3)CC2)C(=O)N(S(=O)(=O)c2ccc(OC)cc2OC)c2cc(F)c(C#N)cc21. The van der Waals surface area contributed by atoms with Crippen LogP contribution in [0.4, 0.5) is 14.9 Å². The van der Waals surface area contributed by atoms with E-state index in [-0.39, 0.29) is 35.0 Å². The molecular weight excluding hydrogens is 708 g/mol. The van der Waals surface area contributed by atoms with E-state index in [0.717, 1.165) is 44.6 Å². The van der Waals surface area contributed by atoms with Crippen molar-refractivity contribution in [1.29, 1.82) is 5.26 Å². The second kappa shape index (κ2) is 15.6. The monoisotopic (exact) mass is 750 g/mol. The number of hydrogen-bond acceptors (Lipinski definition) is 12. The second-order valence-corrected chi connectivity index (χ2v) is 14.6. The van der Waals surface area contributed by atoms with Gasteiger partial charge in [0.05, 0.1) is 32.1 Å². The Kier molecular flexibility index (Phi) is 11.1. The van der Waals surface area contributed by atoms with Crippen LogP contribution in [-0.4, -0.2) is 108 Å². The number of hydroxylamine groups is 2. The van der Waals surface area contributed by atoms with Crippen molar-refractivity contribution >= 4 is 27.7 Å². The maximum absolute atomic E-state index is 15.5. The number of ether oxygens (including phenoxy) is 3. The molecule has 0 saturated carbocycles. The topological polar surface area (TPSA) is 154 Å². The van der Waals surface area contributed by atoms with Crippen LogP contribution >= 0.6 is 0 Å². The van der Waals surface area contributed by atoms with Crippen molar-refractivity contribution < 1.29 is 41.4 Å². The first-order valence-electron chi connectivity index (χ1n) is 17.5. The van der Waals surface area contributed by atoms with Gasteiger partial charge >= 0.3 is 6.09 Å². The average molecular weight is 751 g/mol. The summed E-state index contributed by atoms with van der Waals surface area (Å²) in [5, 5.41) is 14.0. The molecule has 2 amide bonds. The van der Waals surface area contributed by atoms with Crippen molar-refractivity contribution in [1.82, 2.24) is 20.2 Å². The maximum atomic E-state index is 15.5. The Balaban J connectivity index is 1.40. The average Bonchev–Trinajstić information content (AvgIpc) is 3.41. The summed E-state index contributed by atoms with van der Waals surface area (Å²) in [6.45, 7) is 9.25. The molecule has 1 unspecified atom stereocenters. The number of rotatable bonds is 11. The predicted octanol–water partition coefficient (Wildman–Crippen LogP) is 3.84. The number of carbonyl (C=O) groups excluding carboxylic acids is 2. The number of methoxy groups -OCH3 is 2. The summed E-state index contributed by atoms with van der Waals surface area (Å²) in [6, 6.07) is 14.2. The number of amides is 2. The minimum Gasteiger partial charge on any atom is -0.497 e. The molecule has 6 rings (SSSR count). The van der Waals surface area contributed by atoms with Gasteiger partial charge in [0, 0.05) is 55.5 Å². The second-order valence-electron chi connectivity index (χ2n) is 12.9. The van der Waals surface area contributed by atoms with E-state index in [1.807, 2.05) is 0 Å². The molecule has 1 atom stereocenters. The lowest BCUT2D eigenvalue weighted by Crippen LogP contribution is -2.57. The number of piperazine rings is 1. The number of para-hydroxylation sites is 1. The molecule has 0 bridgehead atoms. The summed E-state index contributed by atoms with van der Waals surface area (Å²) < 4.78 is 61.6. The molecule has 14 nitrogen and oxygen atoms in total. The third-order valence-corrected chi connectivity index (χ3v) is 11.8. The highest BCUT2D eigenvalue weighted by Gasteiger charge is 2.59. The molecule has 3 aliphatic rings. The van der Waals surface area contributed by atoms with Crippen LogP contribution in [0.25, 0.3) is 0 Å². The van der Waals surface area contributed by atoms with Gasteiger partial charge in [0.25, 0.3) is 15.9 Å². The number of sulfonamides is 1. The summed E-state index contributed by atoms with van der Waals surface area (Å²) in [6.07, 6.45) is 1.06. The Morgan fingerprint density at radius 2 is 1.68 bits per heavy atom. The molecule has 3 heterocycles. The van der Waals surface area contributed by atoms with Gasteiger partial charge in [-0.05, 0) is 63.7 Å². The lowest BCUT2D eigenvalue weighted by molar-refractivity contribution is -0.134. The number of nitrogens with one attached hydrogen (secondary N) is 1. The highest BCUT2D eigenvalue weighted by atomic mass is 32.2. The fourth-order valence-electron chi connectivity index (χ4n) is 7.38. The van der Waals surface area contributed by atoms with E-state index in [9.17, 15) is 18.5 Å². The number of nitriles is 1. The van der Waals surface area contributed by atoms with Crippen LogP contribution in [0.3, 0.4) is 0 Å². The van der Waals surface area contributed by atoms with Crippen LogP contribution in [0, 0.1) is 17.1 Å². The standard InChI is InChI=1S/C37H43FN6O8S/c1-5-41-15-13-26(14-16-41)42-17-19-43(20-18-42)52-36(46)40-37(28-9-7-8-10-32(28)51-6-2)29-21-25(24-39)30(38)23-31(29)44(35(37)45)53(47,48)34-12-11-27(49-3)22-33(34)50-4/h7-12,21-23,26H,5-6,13-20H2,1-4H3,(H,40,46). The molecule has 0 radical (unpaired) electrons. The van der Waals surface area contributed by atoms with E-state index in [1.165, 1.54) is 43.5 Å². The highest BCUT2D eigenvalue weighted by Crippen LogP contribution is 2.50. The number of halogens is 1.